The van der Waals surface area contributed by atoms with Crippen LogP contribution in [0.15, 0.2) is 78.2 Å². The zero-order valence-electron chi connectivity index (χ0n) is 14.6. The number of benzene rings is 2. The summed E-state index contributed by atoms with van der Waals surface area (Å²) < 4.78 is 5.72. The summed E-state index contributed by atoms with van der Waals surface area (Å²) in [6.07, 6.45) is 3.13. The fraction of sp³-hybridized carbons (Fsp3) is 0.143. The van der Waals surface area contributed by atoms with Crippen molar-refractivity contribution in [1.82, 2.24) is 0 Å². The molecule has 0 radical (unpaired) electrons. The monoisotopic (exact) mass is 332 g/mol. The number of allylic oxidation sites excluding steroid dienone is 3. The first kappa shape index (κ1) is 18.0. The summed E-state index contributed by atoms with van der Waals surface area (Å²) in [5.74, 6) is 1.02. The van der Waals surface area contributed by atoms with Crippen molar-refractivity contribution in [2.24, 2.45) is 0 Å². The number of fused-ring (bicyclic) bond motifs is 1. The Hall–Kier alpha value is -3.32. The Bertz CT molecular complexity index is 846. The fourth-order valence-corrected chi connectivity index (χ4v) is 2.33. The number of nitriles is 1. The highest BCUT2D eigenvalue weighted by Gasteiger charge is 2.21. The molecule has 1 aliphatic rings. The van der Waals surface area contributed by atoms with Gasteiger partial charge in [0.05, 0.1) is 5.69 Å². The topological polar surface area (TPSA) is 53.3 Å². The van der Waals surface area contributed by atoms with Gasteiger partial charge in [0.15, 0.2) is 11.6 Å². The Morgan fingerprint density at radius 1 is 1.08 bits per heavy atom. The van der Waals surface area contributed by atoms with E-state index >= 15 is 0 Å². The van der Waals surface area contributed by atoms with Crippen LogP contribution >= 0.6 is 0 Å². The number of rotatable bonds is 3. The van der Waals surface area contributed by atoms with Gasteiger partial charge in [0, 0.05) is 18.7 Å². The molecule has 2 aromatic carbocycles. The largest absolute Gasteiger partial charge is 0.439 e. The maximum atomic E-state index is 12.3. The first-order valence-corrected chi connectivity index (χ1v) is 8.13. The van der Waals surface area contributed by atoms with Crippen LogP contribution in [0.3, 0.4) is 0 Å². The smallest absolute Gasteiger partial charge is 0.203 e. The first-order valence-electron chi connectivity index (χ1n) is 8.13. The van der Waals surface area contributed by atoms with Crippen LogP contribution in [-0.2, 0) is 0 Å². The molecule has 0 saturated heterocycles. The molecule has 2 aromatic rings. The molecule has 0 amide bonds. The molecule has 0 bridgehead atoms. The van der Waals surface area contributed by atoms with Crippen molar-refractivity contribution in [1.29, 1.82) is 5.26 Å². The number of carbonyl (C=O) groups is 1. The van der Waals surface area contributed by atoms with Gasteiger partial charge in [0.25, 0.3) is 0 Å². The van der Waals surface area contributed by atoms with E-state index in [0.717, 1.165) is 11.4 Å². The quantitative estimate of drug-likeness (QED) is 0.464. The van der Waals surface area contributed by atoms with E-state index in [-0.39, 0.29) is 11.4 Å². The maximum Gasteiger partial charge on any atom is 0.203 e. The molecule has 0 saturated carbocycles. The number of Topliss-reactive ketones (excluding diaryl/α,β-unsaturated/α-hetero) is 1. The average molecular weight is 332 g/mol. The Morgan fingerprint density at radius 2 is 1.72 bits per heavy atom. The minimum atomic E-state index is -0.303. The number of hydrogen-bond acceptors (Lipinski definition) is 4. The molecule has 0 aliphatic carbocycles. The van der Waals surface area contributed by atoms with Crippen molar-refractivity contribution in [3.8, 4) is 11.8 Å². The number of hydrogen-bond donors (Lipinski definition) is 0. The van der Waals surface area contributed by atoms with Gasteiger partial charge in [-0.05, 0) is 18.2 Å². The molecule has 1 heterocycles. The number of nitrogens with zero attached hydrogens (tertiary/aromatic N) is 2. The van der Waals surface area contributed by atoms with E-state index in [1.165, 1.54) is 6.08 Å². The van der Waals surface area contributed by atoms with Crippen LogP contribution in [0.4, 0.5) is 5.69 Å². The molecule has 0 unspecified atom stereocenters. The van der Waals surface area contributed by atoms with Crippen LogP contribution in [0, 0.1) is 11.3 Å². The normalized spacial score (nSPS) is 14.1. The van der Waals surface area contributed by atoms with Crippen molar-refractivity contribution >= 4 is 11.5 Å². The Kier molecular flexibility index (Phi) is 6.14. The summed E-state index contributed by atoms with van der Waals surface area (Å²) in [4.78, 5) is 14.2. The third-order valence-electron chi connectivity index (χ3n) is 3.57. The molecular weight excluding hydrogens is 312 g/mol. The van der Waals surface area contributed by atoms with E-state index in [1.807, 2.05) is 62.2 Å². The molecule has 4 nitrogen and oxygen atoms in total. The van der Waals surface area contributed by atoms with Gasteiger partial charge >= 0.3 is 0 Å². The second kappa shape index (κ2) is 8.51. The molecule has 0 N–H and O–H groups in total. The van der Waals surface area contributed by atoms with Crippen molar-refractivity contribution in [2.75, 3.05) is 11.9 Å². The van der Waals surface area contributed by atoms with Crippen molar-refractivity contribution < 1.29 is 9.53 Å². The molecule has 4 heteroatoms. The second-order valence-electron chi connectivity index (χ2n) is 5.02. The van der Waals surface area contributed by atoms with Gasteiger partial charge in [-0.15, -0.1) is 0 Å². The number of ether oxygens (including phenoxy) is 1. The highest BCUT2D eigenvalue weighted by atomic mass is 16.5. The van der Waals surface area contributed by atoms with Crippen molar-refractivity contribution in [3.05, 3.63) is 83.8 Å². The highest BCUT2D eigenvalue weighted by molar-refractivity contribution is 6.11. The average Bonchev–Trinajstić information content (AvgIpc) is 3.00. The molecule has 0 spiro atoms. The summed E-state index contributed by atoms with van der Waals surface area (Å²) in [6, 6.07) is 18.3. The van der Waals surface area contributed by atoms with E-state index in [9.17, 15) is 10.1 Å². The lowest BCUT2D eigenvalue weighted by Crippen LogP contribution is -2.13. The van der Waals surface area contributed by atoms with Gasteiger partial charge in [-0.2, -0.15) is 5.26 Å². The lowest BCUT2D eigenvalue weighted by molar-refractivity contribution is 0.103. The number of anilines is 1. The standard InChI is InChI=1S/C19H14N2O2.C2H6/c1-21-16-9-5-6-10-17(16)23-18(21)12-11-15(13-20)19(22)14-7-3-2-4-8-14;1-2/h2-12H,1H3;1-2H3/b15-11+,18-12-;. The predicted molar refractivity (Wildman–Crippen MR) is 99.4 cm³/mol. The van der Waals surface area contributed by atoms with E-state index < -0.39 is 0 Å². The van der Waals surface area contributed by atoms with Crippen LogP contribution in [0.5, 0.6) is 5.75 Å². The van der Waals surface area contributed by atoms with Crippen LogP contribution in [0.1, 0.15) is 24.2 Å². The Morgan fingerprint density at radius 3 is 2.36 bits per heavy atom. The van der Waals surface area contributed by atoms with E-state index in [0.29, 0.717) is 11.4 Å². The van der Waals surface area contributed by atoms with Gasteiger partial charge in [-0.25, -0.2) is 0 Å². The predicted octanol–water partition coefficient (Wildman–Crippen LogP) is 4.72. The molecule has 3 rings (SSSR count). The second-order valence-corrected chi connectivity index (χ2v) is 5.02. The van der Waals surface area contributed by atoms with Crippen molar-refractivity contribution in [2.45, 2.75) is 13.8 Å². The zero-order valence-corrected chi connectivity index (χ0v) is 14.6. The first-order chi connectivity index (χ1) is 12.2. The molecule has 1 aliphatic heterocycles. The minimum Gasteiger partial charge on any atom is -0.439 e. The Balaban J connectivity index is 0.00000109. The highest BCUT2D eigenvalue weighted by Crippen LogP contribution is 2.37. The van der Waals surface area contributed by atoms with Crippen LogP contribution < -0.4 is 9.64 Å². The molecule has 25 heavy (non-hydrogen) atoms. The van der Waals surface area contributed by atoms with Gasteiger partial charge in [-0.1, -0.05) is 56.3 Å². The zero-order chi connectivity index (χ0) is 18.2. The van der Waals surface area contributed by atoms with Gasteiger partial charge in [0.2, 0.25) is 5.78 Å². The molecule has 0 fully saturated rings. The Labute approximate surface area is 148 Å². The van der Waals surface area contributed by atoms with E-state index in [2.05, 4.69) is 0 Å². The molecule has 0 aromatic heterocycles. The van der Waals surface area contributed by atoms with Crippen LogP contribution in [-0.4, -0.2) is 12.8 Å². The lowest BCUT2D eigenvalue weighted by atomic mass is 10.0. The summed E-state index contributed by atoms with van der Waals surface area (Å²) in [6.45, 7) is 4.00. The third-order valence-corrected chi connectivity index (χ3v) is 3.57. The number of carbonyl (C=O) groups excluding carboxylic acids is 1. The van der Waals surface area contributed by atoms with E-state index in [1.54, 1.807) is 30.3 Å². The van der Waals surface area contributed by atoms with Gasteiger partial charge in [0.1, 0.15) is 11.6 Å². The molecule has 126 valence electrons. The summed E-state index contributed by atoms with van der Waals surface area (Å²) in [5, 5.41) is 9.25. The third kappa shape index (κ3) is 3.96. The maximum absolute atomic E-state index is 12.3. The van der Waals surface area contributed by atoms with Crippen molar-refractivity contribution in [3.63, 3.8) is 0 Å². The summed E-state index contributed by atoms with van der Waals surface area (Å²) in [5.41, 5.74) is 1.50. The minimum absolute atomic E-state index is 0.0663. The van der Waals surface area contributed by atoms with Crippen LogP contribution in [0.2, 0.25) is 0 Å². The summed E-state index contributed by atoms with van der Waals surface area (Å²) >= 11 is 0. The fourth-order valence-electron chi connectivity index (χ4n) is 2.33. The lowest BCUT2D eigenvalue weighted by Gasteiger charge is -2.09. The molecular formula is C21H20N2O2. The SMILES string of the molecule is CC.CN1/C(=C/C=C(\C#N)C(=O)c2ccccc2)Oc2ccccc21. The summed E-state index contributed by atoms with van der Waals surface area (Å²) in [7, 11) is 1.87. The van der Waals surface area contributed by atoms with E-state index in [4.69, 9.17) is 4.74 Å². The van der Waals surface area contributed by atoms with Gasteiger partial charge in [-0.3, -0.25) is 4.79 Å². The van der Waals surface area contributed by atoms with Crippen LogP contribution in [0.25, 0.3) is 0 Å². The van der Waals surface area contributed by atoms with Gasteiger partial charge < -0.3 is 9.64 Å². The number of para-hydroxylation sites is 2. The number of ketones is 1. The molecule has 0 atom stereocenters.